The largest absolute Gasteiger partial charge is 0.330 e. The van der Waals surface area contributed by atoms with Crippen molar-refractivity contribution in [2.24, 2.45) is 7.05 Å². The number of anilines is 1. The summed E-state index contributed by atoms with van der Waals surface area (Å²) in [4.78, 5) is 12.6. The molecule has 0 aliphatic rings. The Hall–Kier alpha value is -3.16. The minimum Gasteiger partial charge on any atom is -0.330 e. The van der Waals surface area contributed by atoms with Crippen LogP contribution in [-0.2, 0) is 13.5 Å². The van der Waals surface area contributed by atoms with Crippen molar-refractivity contribution in [3.63, 3.8) is 0 Å². The van der Waals surface area contributed by atoms with Gasteiger partial charge in [0.25, 0.3) is 0 Å². The molecule has 26 heavy (non-hydrogen) atoms. The van der Waals surface area contributed by atoms with Gasteiger partial charge in [-0.1, -0.05) is 19.9 Å². The van der Waals surface area contributed by atoms with Crippen molar-refractivity contribution in [3.8, 4) is 5.69 Å². The molecule has 1 atom stereocenters. The van der Waals surface area contributed by atoms with E-state index in [4.69, 9.17) is 0 Å². The van der Waals surface area contributed by atoms with Gasteiger partial charge in [0.15, 0.2) is 0 Å². The van der Waals surface area contributed by atoms with E-state index in [1.807, 2.05) is 38.2 Å². The van der Waals surface area contributed by atoms with E-state index in [0.717, 1.165) is 35.5 Å². The summed E-state index contributed by atoms with van der Waals surface area (Å²) in [6.45, 7) is 4.09. The fourth-order valence-electron chi connectivity index (χ4n) is 2.91. The average Bonchev–Trinajstić information content (AvgIpc) is 3.31. The van der Waals surface area contributed by atoms with Crippen molar-refractivity contribution in [2.45, 2.75) is 32.7 Å². The molecular weight excluding hydrogens is 330 g/mol. The summed E-state index contributed by atoms with van der Waals surface area (Å²) in [5.41, 5.74) is 3.69. The lowest BCUT2D eigenvalue weighted by atomic mass is 10.1. The van der Waals surface area contributed by atoms with E-state index in [-0.39, 0.29) is 12.1 Å². The molecule has 8 nitrogen and oxygen atoms in total. The van der Waals surface area contributed by atoms with Gasteiger partial charge in [-0.3, -0.25) is 9.25 Å². The first-order chi connectivity index (χ1) is 12.6. The van der Waals surface area contributed by atoms with Gasteiger partial charge in [-0.25, -0.2) is 4.79 Å². The SMILES string of the molecule is CCc1ccc(-n2cnnc2)cc1NC(=O)N[C@H](CC)c1ccnn1C. The third kappa shape index (κ3) is 3.74. The fraction of sp³-hybridized carbons (Fsp3) is 0.333. The van der Waals surface area contributed by atoms with Crippen molar-refractivity contribution in [1.29, 1.82) is 0 Å². The van der Waals surface area contributed by atoms with Gasteiger partial charge < -0.3 is 10.6 Å². The summed E-state index contributed by atoms with van der Waals surface area (Å²) >= 11 is 0. The Morgan fingerprint density at radius 2 is 1.96 bits per heavy atom. The van der Waals surface area contributed by atoms with Crippen LogP contribution in [0.4, 0.5) is 10.5 Å². The Kier molecular flexibility index (Phi) is 5.31. The summed E-state index contributed by atoms with van der Waals surface area (Å²) in [5.74, 6) is 0. The second kappa shape index (κ2) is 7.81. The minimum absolute atomic E-state index is 0.103. The standard InChI is InChI=1S/C18H23N7O/c1-4-13-6-7-14(25-11-19-20-12-25)10-16(13)23-18(26)22-15(5-2)17-8-9-21-24(17)3/h6-12,15H,4-5H2,1-3H3,(H2,22,23,26)/t15-/m1/s1. The van der Waals surface area contributed by atoms with Gasteiger partial charge in [-0.05, 0) is 36.6 Å². The van der Waals surface area contributed by atoms with Gasteiger partial charge in [0, 0.05) is 18.9 Å². The number of aryl methyl sites for hydroxylation is 2. The Labute approximate surface area is 152 Å². The van der Waals surface area contributed by atoms with Crippen LogP contribution in [-0.4, -0.2) is 30.6 Å². The van der Waals surface area contributed by atoms with E-state index in [2.05, 4.69) is 32.9 Å². The molecule has 0 bridgehead atoms. The number of nitrogens with one attached hydrogen (secondary N) is 2. The normalized spacial score (nSPS) is 12.0. The van der Waals surface area contributed by atoms with E-state index in [1.54, 1.807) is 28.1 Å². The average molecular weight is 353 g/mol. The molecule has 2 amide bonds. The van der Waals surface area contributed by atoms with Gasteiger partial charge in [0.05, 0.1) is 17.4 Å². The Balaban J connectivity index is 1.77. The molecule has 2 aromatic heterocycles. The summed E-state index contributed by atoms with van der Waals surface area (Å²) in [6, 6.07) is 7.48. The molecule has 0 unspecified atom stereocenters. The number of carbonyl (C=O) groups excluding carboxylic acids is 1. The zero-order chi connectivity index (χ0) is 18.5. The number of urea groups is 1. The highest BCUT2D eigenvalue weighted by molar-refractivity contribution is 5.90. The molecule has 0 spiro atoms. The van der Waals surface area contributed by atoms with Crippen molar-refractivity contribution in [2.75, 3.05) is 5.32 Å². The zero-order valence-corrected chi connectivity index (χ0v) is 15.2. The van der Waals surface area contributed by atoms with E-state index in [1.165, 1.54) is 0 Å². The zero-order valence-electron chi connectivity index (χ0n) is 15.2. The molecule has 1 aromatic carbocycles. The van der Waals surface area contributed by atoms with Crippen molar-refractivity contribution in [3.05, 3.63) is 54.4 Å². The molecule has 2 N–H and O–H groups in total. The molecule has 8 heteroatoms. The number of benzene rings is 1. The molecule has 2 heterocycles. The number of amides is 2. The molecular formula is C18H23N7O. The van der Waals surface area contributed by atoms with E-state index in [0.29, 0.717) is 0 Å². The summed E-state index contributed by atoms with van der Waals surface area (Å²) in [5, 5.41) is 17.8. The van der Waals surface area contributed by atoms with Crippen LogP contribution in [0.15, 0.2) is 43.1 Å². The van der Waals surface area contributed by atoms with Gasteiger partial charge in [0.2, 0.25) is 0 Å². The Bertz CT molecular complexity index is 870. The third-order valence-corrected chi connectivity index (χ3v) is 4.37. The Morgan fingerprint density at radius 1 is 1.19 bits per heavy atom. The quantitative estimate of drug-likeness (QED) is 0.713. The maximum Gasteiger partial charge on any atom is 0.319 e. The second-order valence-electron chi connectivity index (χ2n) is 6.00. The first-order valence-corrected chi connectivity index (χ1v) is 8.65. The van der Waals surface area contributed by atoms with Crippen LogP contribution in [0, 0.1) is 0 Å². The first-order valence-electron chi connectivity index (χ1n) is 8.65. The number of aromatic nitrogens is 5. The molecule has 0 saturated carbocycles. The molecule has 3 rings (SSSR count). The minimum atomic E-state index is -0.242. The lowest BCUT2D eigenvalue weighted by molar-refractivity contribution is 0.247. The summed E-state index contributed by atoms with van der Waals surface area (Å²) in [6.07, 6.45) is 6.57. The predicted octanol–water partition coefficient (Wildman–Crippen LogP) is 2.84. The van der Waals surface area contributed by atoms with Crippen LogP contribution in [0.25, 0.3) is 5.69 Å². The van der Waals surface area contributed by atoms with Crippen molar-refractivity contribution < 1.29 is 4.79 Å². The van der Waals surface area contributed by atoms with Crippen LogP contribution in [0.1, 0.15) is 37.6 Å². The number of rotatable bonds is 6. The highest BCUT2D eigenvalue weighted by Gasteiger charge is 2.16. The van der Waals surface area contributed by atoms with Crippen LogP contribution in [0.2, 0.25) is 0 Å². The van der Waals surface area contributed by atoms with E-state index < -0.39 is 0 Å². The van der Waals surface area contributed by atoms with E-state index >= 15 is 0 Å². The molecule has 0 aliphatic heterocycles. The first kappa shape index (κ1) is 17.7. The topological polar surface area (TPSA) is 89.7 Å². The predicted molar refractivity (Wildman–Crippen MR) is 99.1 cm³/mol. The van der Waals surface area contributed by atoms with Gasteiger partial charge in [-0.2, -0.15) is 5.10 Å². The summed E-state index contributed by atoms with van der Waals surface area (Å²) in [7, 11) is 1.87. The number of hydrogen-bond donors (Lipinski definition) is 2. The smallest absolute Gasteiger partial charge is 0.319 e. The van der Waals surface area contributed by atoms with Gasteiger partial charge in [-0.15, -0.1) is 10.2 Å². The van der Waals surface area contributed by atoms with Crippen LogP contribution < -0.4 is 10.6 Å². The van der Waals surface area contributed by atoms with Crippen molar-refractivity contribution >= 4 is 11.7 Å². The number of hydrogen-bond acceptors (Lipinski definition) is 4. The molecule has 0 saturated heterocycles. The number of nitrogens with zero attached hydrogens (tertiary/aromatic N) is 5. The third-order valence-electron chi connectivity index (χ3n) is 4.37. The lowest BCUT2D eigenvalue weighted by Crippen LogP contribution is -2.33. The maximum atomic E-state index is 12.6. The van der Waals surface area contributed by atoms with Crippen LogP contribution >= 0.6 is 0 Å². The summed E-state index contributed by atoms with van der Waals surface area (Å²) < 4.78 is 3.57. The molecule has 0 radical (unpaired) electrons. The molecule has 0 fully saturated rings. The van der Waals surface area contributed by atoms with Gasteiger partial charge >= 0.3 is 6.03 Å². The van der Waals surface area contributed by atoms with E-state index in [9.17, 15) is 4.79 Å². The van der Waals surface area contributed by atoms with Crippen LogP contribution in [0.3, 0.4) is 0 Å². The monoisotopic (exact) mass is 353 g/mol. The highest BCUT2D eigenvalue weighted by Crippen LogP contribution is 2.22. The molecule has 3 aromatic rings. The van der Waals surface area contributed by atoms with Crippen LogP contribution in [0.5, 0.6) is 0 Å². The lowest BCUT2D eigenvalue weighted by Gasteiger charge is -2.19. The molecule has 0 aliphatic carbocycles. The number of carbonyl (C=O) groups is 1. The fourth-order valence-corrected chi connectivity index (χ4v) is 2.91. The van der Waals surface area contributed by atoms with Crippen molar-refractivity contribution in [1.82, 2.24) is 29.9 Å². The Morgan fingerprint density at radius 3 is 2.58 bits per heavy atom. The highest BCUT2D eigenvalue weighted by atomic mass is 16.2. The molecule has 136 valence electrons. The second-order valence-corrected chi connectivity index (χ2v) is 6.00. The van der Waals surface area contributed by atoms with Gasteiger partial charge in [0.1, 0.15) is 12.7 Å². The maximum absolute atomic E-state index is 12.6.